The maximum Gasteiger partial charge on any atom is 0.190 e. The van der Waals surface area contributed by atoms with Crippen LogP contribution < -0.4 is 4.57 Å². The molecule has 1 aromatic rings. The van der Waals surface area contributed by atoms with Crippen LogP contribution in [-0.4, -0.2) is 0 Å². The fourth-order valence-corrected chi connectivity index (χ4v) is 1.38. The molecule has 0 amide bonds. The first-order valence-corrected chi connectivity index (χ1v) is 3.36. The third kappa shape index (κ3) is 0.576. The van der Waals surface area contributed by atoms with E-state index < -0.39 is 0 Å². The molecule has 0 saturated carbocycles. The Bertz CT molecular complexity index is 230. The van der Waals surface area contributed by atoms with Crippen LogP contribution in [0.2, 0.25) is 0 Å². The highest BCUT2D eigenvalue weighted by Crippen LogP contribution is 2.17. The molecule has 0 N–H and O–H groups in total. The predicted octanol–water partition coefficient (Wildman–Crippen LogP) is 1.09. The minimum absolute atomic E-state index is 0.784. The molecule has 46 valence electrons. The van der Waals surface area contributed by atoms with Crippen molar-refractivity contribution >= 4 is 0 Å². The lowest BCUT2D eigenvalue weighted by Gasteiger charge is -2.17. The van der Waals surface area contributed by atoms with E-state index in [4.69, 9.17) is 0 Å². The summed E-state index contributed by atoms with van der Waals surface area (Å²) >= 11 is 0. The van der Waals surface area contributed by atoms with Crippen molar-refractivity contribution in [3.63, 3.8) is 0 Å². The molecule has 2 rings (SSSR count). The van der Waals surface area contributed by atoms with Crippen molar-refractivity contribution in [3.8, 4) is 0 Å². The van der Waals surface area contributed by atoms with Gasteiger partial charge in [0, 0.05) is 12.1 Å². The SMILES string of the molecule is CC1C[n+]2ccccc21. The summed E-state index contributed by atoms with van der Waals surface area (Å²) < 4.78 is 2.28. The Morgan fingerprint density at radius 1 is 1.56 bits per heavy atom. The van der Waals surface area contributed by atoms with Gasteiger partial charge in [-0.2, -0.15) is 0 Å². The second kappa shape index (κ2) is 1.56. The molecule has 2 heterocycles. The molecule has 1 atom stereocenters. The van der Waals surface area contributed by atoms with Gasteiger partial charge in [-0.1, -0.05) is 6.07 Å². The van der Waals surface area contributed by atoms with Gasteiger partial charge in [-0.25, -0.2) is 4.57 Å². The molecule has 1 aromatic heterocycles. The molecular formula is C8H10N+. The van der Waals surface area contributed by atoms with E-state index >= 15 is 0 Å². The van der Waals surface area contributed by atoms with Gasteiger partial charge in [-0.05, 0) is 6.92 Å². The zero-order valence-corrected chi connectivity index (χ0v) is 5.54. The lowest BCUT2D eigenvalue weighted by molar-refractivity contribution is -0.747. The van der Waals surface area contributed by atoms with Gasteiger partial charge in [-0.3, -0.25) is 0 Å². The van der Waals surface area contributed by atoms with Gasteiger partial charge in [0.15, 0.2) is 18.4 Å². The molecule has 1 aliphatic rings. The Morgan fingerprint density at radius 2 is 2.44 bits per heavy atom. The van der Waals surface area contributed by atoms with Crippen molar-refractivity contribution < 1.29 is 4.57 Å². The molecule has 1 unspecified atom stereocenters. The van der Waals surface area contributed by atoms with Crippen LogP contribution in [0, 0.1) is 0 Å². The number of hydrogen-bond donors (Lipinski definition) is 0. The molecule has 0 aliphatic carbocycles. The van der Waals surface area contributed by atoms with E-state index in [0.29, 0.717) is 0 Å². The first-order chi connectivity index (χ1) is 4.38. The Morgan fingerprint density at radius 3 is 3.00 bits per heavy atom. The lowest BCUT2D eigenvalue weighted by Crippen LogP contribution is -2.50. The van der Waals surface area contributed by atoms with Crippen LogP contribution in [0.1, 0.15) is 18.5 Å². The summed E-state index contributed by atoms with van der Waals surface area (Å²) in [7, 11) is 0. The zero-order valence-electron chi connectivity index (χ0n) is 5.54. The van der Waals surface area contributed by atoms with Crippen LogP contribution in [-0.2, 0) is 6.54 Å². The predicted molar refractivity (Wildman–Crippen MR) is 35.1 cm³/mol. The van der Waals surface area contributed by atoms with Gasteiger partial charge >= 0.3 is 0 Å². The van der Waals surface area contributed by atoms with Crippen LogP contribution in [0.5, 0.6) is 0 Å². The van der Waals surface area contributed by atoms with Gasteiger partial charge < -0.3 is 0 Å². The van der Waals surface area contributed by atoms with Crippen LogP contribution in [0.4, 0.5) is 0 Å². The average Bonchev–Trinajstić information content (AvgIpc) is 1.86. The maximum atomic E-state index is 2.28. The number of nitrogens with zero attached hydrogens (tertiary/aromatic N) is 1. The Hall–Kier alpha value is -0.850. The minimum atomic E-state index is 0.784. The summed E-state index contributed by atoms with van der Waals surface area (Å²) in [4.78, 5) is 0. The molecule has 0 spiro atoms. The Balaban J connectivity index is 2.51. The summed E-state index contributed by atoms with van der Waals surface area (Å²) in [6.07, 6.45) is 2.13. The van der Waals surface area contributed by atoms with E-state index in [9.17, 15) is 0 Å². The quantitative estimate of drug-likeness (QED) is 0.451. The smallest absolute Gasteiger partial charge is 0.190 e. The zero-order chi connectivity index (χ0) is 6.27. The molecule has 1 heteroatoms. The molecule has 0 bridgehead atoms. The summed E-state index contributed by atoms with van der Waals surface area (Å²) in [6.45, 7) is 3.46. The van der Waals surface area contributed by atoms with Crippen molar-refractivity contribution in [2.75, 3.05) is 0 Å². The first-order valence-electron chi connectivity index (χ1n) is 3.36. The highest BCUT2D eigenvalue weighted by Gasteiger charge is 2.29. The number of hydrogen-bond acceptors (Lipinski definition) is 0. The summed E-state index contributed by atoms with van der Waals surface area (Å²) in [6, 6.07) is 6.37. The Kier molecular flexibility index (Phi) is 0.865. The van der Waals surface area contributed by atoms with Crippen LogP contribution in [0.15, 0.2) is 24.4 Å². The van der Waals surface area contributed by atoms with Gasteiger partial charge in [0.05, 0.1) is 5.92 Å². The van der Waals surface area contributed by atoms with E-state index in [0.717, 1.165) is 5.92 Å². The Labute approximate surface area is 55.0 Å². The van der Waals surface area contributed by atoms with E-state index in [1.54, 1.807) is 0 Å². The van der Waals surface area contributed by atoms with Crippen LogP contribution in [0.3, 0.4) is 0 Å². The molecule has 0 radical (unpaired) electrons. The van der Waals surface area contributed by atoms with Gasteiger partial charge in [0.2, 0.25) is 0 Å². The van der Waals surface area contributed by atoms with Crippen molar-refractivity contribution in [1.29, 1.82) is 0 Å². The lowest BCUT2D eigenvalue weighted by atomic mass is 9.99. The van der Waals surface area contributed by atoms with Crippen molar-refractivity contribution in [3.05, 3.63) is 30.1 Å². The topological polar surface area (TPSA) is 3.88 Å². The fourth-order valence-electron chi connectivity index (χ4n) is 1.38. The van der Waals surface area contributed by atoms with Crippen molar-refractivity contribution in [2.24, 2.45) is 0 Å². The van der Waals surface area contributed by atoms with Crippen molar-refractivity contribution in [2.45, 2.75) is 19.4 Å². The number of pyridine rings is 1. The largest absolute Gasteiger partial charge is 0.201 e. The molecular weight excluding hydrogens is 110 g/mol. The highest BCUT2D eigenvalue weighted by molar-refractivity contribution is 5.05. The molecule has 0 aromatic carbocycles. The summed E-state index contributed by atoms with van der Waals surface area (Å²) in [5.41, 5.74) is 1.47. The number of aromatic nitrogens is 1. The van der Waals surface area contributed by atoms with Gasteiger partial charge in [-0.15, -0.1) is 0 Å². The summed E-state index contributed by atoms with van der Waals surface area (Å²) in [5.74, 6) is 0.784. The van der Waals surface area contributed by atoms with Crippen LogP contribution in [0.25, 0.3) is 0 Å². The minimum Gasteiger partial charge on any atom is -0.201 e. The molecule has 1 aliphatic heterocycles. The van der Waals surface area contributed by atoms with Crippen LogP contribution >= 0.6 is 0 Å². The first kappa shape index (κ1) is 4.98. The maximum absolute atomic E-state index is 2.28. The second-order valence-electron chi connectivity index (χ2n) is 2.68. The van der Waals surface area contributed by atoms with E-state index in [1.165, 1.54) is 12.2 Å². The fraction of sp³-hybridized carbons (Fsp3) is 0.375. The highest BCUT2D eigenvalue weighted by atomic mass is 15.0. The number of fused-ring (bicyclic) bond motifs is 1. The third-order valence-corrected chi connectivity index (χ3v) is 1.95. The number of rotatable bonds is 0. The standard InChI is InChI=1S/C8H10N/c1-7-6-9-5-3-2-4-8(7)9/h2-5,7H,6H2,1H3/q+1. The van der Waals surface area contributed by atoms with E-state index in [1.807, 2.05) is 0 Å². The van der Waals surface area contributed by atoms with Gasteiger partial charge in [0.1, 0.15) is 0 Å². The molecule has 0 fully saturated rings. The monoisotopic (exact) mass is 120 g/mol. The molecule has 1 nitrogen and oxygen atoms in total. The molecule has 0 saturated heterocycles. The van der Waals surface area contributed by atoms with Crippen molar-refractivity contribution in [1.82, 2.24) is 0 Å². The van der Waals surface area contributed by atoms with Gasteiger partial charge in [0.25, 0.3) is 0 Å². The summed E-state index contributed by atoms with van der Waals surface area (Å²) in [5, 5.41) is 0. The van der Waals surface area contributed by atoms with E-state index in [2.05, 4.69) is 35.9 Å². The van der Waals surface area contributed by atoms with E-state index in [-0.39, 0.29) is 0 Å². The third-order valence-electron chi connectivity index (χ3n) is 1.95. The average molecular weight is 120 g/mol. The normalized spacial score (nSPS) is 22.6. The second-order valence-corrected chi connectivity index (χ2v) is 2.68. The molecule has 9 heavy (non-hydrogen) atoms.